The summed E-state index contributed by atoms with van der Waals surface area (Å²) < 4.78 is 34.6. The number of ether oxygens (including phenoxy) is 1. The molecule has 8 nitrogen and oxygen atoms in total. The standard InChI is InChI=1S/C32H38ClN3O5S/c1-3-28(32(38)34-25-15-6-4-7-16-25)35(22-24-14-10-11-19-27(24)33)31(37)23-36(29-20-12-13-21-30(29)41-2)42(39,40)26-17-8-5-9-18-26/h5,8-14,17-21,25,28H,3-4,6-7,15-16,22-23H2,1-2H3,(H,34,38). The quantitative estimate of drug-likeness (QED) is 0.279. The maximum atomic E-state index is 14.3. The predicted octanol–water partition coefficient (Wildman–Crippen LogP) is 5.80. The van der Waals surface area contributed by atoms with Gasteiger partial charge in [-0.1, -0.05) is 86.3 Å². The van der Waals surface area contributed by atoms with Crippen LogP contribution in [-0.4, -0.2) is 50.9 Å². The second-order valence-corrected chi connectivity index (χ2v) is 12.6. The number of hydrogen-bond acceptors (Lipinski definition) is 5. The molecular formula is C32H38ClN3O5S. The van der Waals surface area contributed by atoms with Crippen molar-refractivity contribution in [3.63, 3.8) is 0 Å². The third kappa shape index (κ3) is 7.44. The fraction of sp³-hybridized carbons (Fsp3) is 0.375. The van der Waals surface area contributed by atoms with Gasteiger partial charge in [-0.05, 0) is 55.2 Å². The first-order valence-corrected chi connectivity index (χ1v) is 16.1. The lowest BCUT2D eigenvalue weighted by molar-refractivity contribution is -0.140. The number of rotatable bonds is 12. The summed E-state index contributed by atoms with van der Waals surface area (Å²) in [5.74, 6) is -0.491. The van der Waals surface area contributed by atoms with Gasteiger partial charge in [0.2, 0.25) is 11.8 Å². The largest absolute Gasteiger partial charge is 0.495 e. The average Bonchev–Trinajstić information content (AvgIpc) is 3.01. The van der Waals surface area contributed by atoms with E-state index in [0.29, 0.717) is 22.8 Å². The summed E-state index contributed by atoms with van der Waals surface area (Å²) in [6, 6.07) is 20.9. The molecule has 3 aromatic carbocycles. The summed E-state index contributed by atoms with van der Waals surface area (Å²) in [4.78, 5) is 29.4. The van der Waals surface area contributed by atoms with E-state index < -0.39 is 28.5 Å². The molecule has 1 saturated carbocycles. The molecule has 1 unspecified atom stereocenters. The summed E-state index contributed by atoms with van der Waals surface area (Å²) >= 11 is 6.49. The summed E-state index contributed by atoms with van der Waals surface area (Å²) in [6.07, 6.45) is 5.39. The maximum Gasteiger partial charge on any atom is 0.264 e. The predicted molar refractivity (Wildman–Crippen MR) is 165 cm³/mol. The Morgan fingerprint density at radius 3 is 2.26 bits per heavy atom. The Bertz CT molecular complexity index is 1460. The Labute approximate surface area is 253 Å². The van der Waals surface area contributed by atoms with Gasteiger partial charge in [-0.15, -0.1) is 0 Å². The SMILES string of the molecule is CCC(C(=O)NC1CCCCC1)N(Cc1ccccc1Cl)C(=O)CN(c1ccccc1OC)S(=O)(=O)c1ccccc1. The van der Waals surface area contributed by atoms with Crippen molar-refractivity contribution >= 4 is 39.1 Å². The minimum Gasteiger partial charge on any atom is -0.495 e. The molecule has 0 aromatic heterocycles. The number of carbonyl (C=O) groups is 2. The normalized spacial score (nSPS) is 14.5. The van der Waals surface area contributed by atoms with E-state index in [9.17, 15) is 18.0 Å². The molecule has 0 heterocycles. The van der Waals surface area contributed by atoms with Gasteiger partial charge in [0.05, 0.1) is 17.7 Å². The second-order valence-electron chi connectivity index (χ2n) is 10.4. The number of benzene rings is 3. The van der Waals surface area contributed by atoms with Crippen LogP contribution in [0.3, 0.4) is 0 Å². The Morgan fingerprint density at radius 2 is 1.60 bits per heavy atom. The van der Waals surface area contributed by atoms with E-state index in [-0.39, 0.29) is 29.1 Å². The van der Waals surface area contributed by atoms with Crippen molar-refractivity contribution in [2.75, 3.05) is 18.0 Å². The van der Waals surface area contributed by atoms with E-state index in [4.69, 9.17) is 16.3 Å². The van der Waals surface area contributed by atoms with Crippen LogP contribution in [0.2, 0.25) is 5.02 Å². The fourth-order valence-corrected chi connectivity index (χ4v) is 6.98. The molecule has 0 radical (unpaired) electrons. The number of para-hydroxylation sites is 2. The van der Waals surface area contributed by atoms with Gasteiger partial charge in [0, 0.05) is 17.6 Å². The number of sulfonamides is 1. The number of carbonyl (C=O) groups excluding carboxylic acids is 2. The lowest BCUT2D eigenvalue weighted by atomic mass is 9.95. The lowest BCUT2D eigenvalue weighted by Crippen LogP contribution is -2.54. The first kappa shape index (κ1) is 31.4. The average molecular weight is 612 g/mol. The van der Waals surface area contributed by atoms with Crippen molar-refractivity contribution in [2.45, 2.75) is 69.0 Å². The number of methoxy groups -OCH3 is 1. The number of anilines is 1. The molecule has 3 aromatic rings. The van der Waals surface area contributed by atoms with Gasteiger partial charge in [0.1, 0.15) is 18.3 Å². The van der Waals surface area contributed by atoms with E-state index in [1.807, 2.05) is 13.0 Å². The van der Waals surface area contributed by atoms with E-state index >= 15 is 0 Å². The Balaban J connectivity index is 1.73. The van der Waals surface area contributed by atoms with Crippen molar-refractivity contribution < 1.29 is 22.7 Å². The number of hydrogen-bond donors (Lipinski definition) is 1. The van der Waals surface area contributed by atoms with Gasteiger partial charge in [-0.3, -0.25) is 13.9 Å². The molecule has 4 rings (SSSR count). The number of halogens is 1. The minimum absolute atomic E-state index is 0.0310. The smallest absolute Gasteiger partial charge is 0.264 e. The third-order valence-corrected chi connectivity index (χ3v) is 9.74. The van der Waals surface area contributed by atoms with Crippen LogP contribution in [0.25, 0.3) is 0 Å². The van der Waals surface area contributed by atoms with Crippen molar-refractivity contribution in [3.05, 3.63) is 89.4 Å². The van der Waals surface area contributed by atoms with Crippen LogP contribution in [-0.2, 0) is 26.2 Å². The highest BCUT2D eigenvalue weighted by molar-refractivity contribution is 7.92. The zero-order valence-electron chi connectivity index (χ0n) is 24.0. The van der Waals surface area contributed by atoms with Crippen LogP contribution in [0.4, 0.5) is 5.69 Å². The molecule has 1 aliphatic rings. The Morgan fingerprint density at radius 1 is 0.952 bits per heavy atom. The van der Waals surface area contributed by atoms with Gasteiger partial charge in [-0.2, -0.15) is 0 Å². The highest BCUT2D eigenvalue weighted by Crippen LogP contribution is 2.33. The van der Waals surface area contributed by atoms with Crippen LogP contribution >= 0.6 is 11.6 Å². The van der Waals surface area contributed by atoms with E-state index in [1.54, 1.807) is 60.7 Å². The third-order valence-electron chi connectivity index (χ3n) is 7.60. The topological polar surface area (TPSA) is 96.0 Å². The van der Waals surface area contributed by atoms with E-state index in [2.05, 4.69) is 5.32 Å². The molecule has 42 heavy (non-hydrogen) atoms. The highest BCUT2D eigenvalue weighted by Gasteiger charge is 2.35. The van der Waals surface area contributed by atoms with Gasteiger partial charge < -0.3 is 15.0 Å². The monoisotopic (exact) mass is 611 g/mol. The number of amides is 2. The maximum absolute atomic E-state index is 14.3. The molecule has 1 aliphatic carbocycles. The summed E-state index contributed by atoms with van der Waals surface area (Å²) in [5, 5.41) is 3.60. The van der Waals surface area contributed by atoms with Crippen molar-refractivity contribution in [1.82, 2.24) is 10.2 Å². The first-order chi connectivity index (χ1) is 20.3. The molecule has 10 heteroatoms. The molecule has 0 saturated heterocycles. The van der Waals surface area contributed by atoms with E-state index in [1.165, 1.54) is 24.1 Å². The first-order valence-electron chi connectivity index (χ1n) is 14.3. The molecule has 0 aliphatic heterocycles. The van der Waals surface area contributed by atoms with Crippen LogP contribution < -0.4 is 14.4 Å². The molecule has 224 valence electrons. The molecule has 1 N–H and O–H groups in total. The van der Waals surface area contributed by atoms with Gasteiger partial charge in [0.15, 0.2) is 0 Å². The molecule has 2 amide bonds. The van der Waals surface area contributed by atoms with Gasteiger partial charge >= 0.3 is 0 Å². The van der Waals surface area contributed by atoms with Crippen LogP contribution in [0.15, 0.2) is 83.8 Å². The van der Waals surface area contributed by atoms with E-state index in [0.717, 1.165) is 36.4 Å². The molecule has 1 atom stereocenters. The van der Waals surface area contributed by atoms with Crippen molar-refractivity contribution in [1.29, 1.82) is 0 Å². The van der Waals surface area contributed by atoms with Crippen LogP contribution in [0, 0.1) is 0 Å². The lowest BCUT2D eigenvalue weighted by Gasteiger charge is -2.34. The van der Waals surface area contributed by atoms with Gasteiger partial charge in [-0.25, -0.2) is 8.42 Å². The number of nitrogens with zero attached hydrogens (tertiary/aromatic N) is 2. The van der Waals surface area contributed by atoms with Crippen LogP contribution in [0.5, 0.6) is 5.75 Å². The summed E-state index contributed by atoms with van der Waals surface area (Å²) in [6.45, 7) is 1.34. The Hall–Kier alpha value is -3.56. The fourth-order valence-electron chi connectivity index (χ4n) is 5.34. The minimum atomic E-state index is -4.19. The van der Waals surface area contributed by atoms with Crippen molar-refractivity contribution in [3.8, 4) is 5.75 Å². The molecular weight excluding hydrogens is 574 g/mol. The molecule has 1 fully saturated rings. The van der Waals surface area contributed by atoms with Crippen molar-refractivity contribution in [2.24, 2.45) is 0 Å². The molecule has 0 bridgehead atoms. The highest BCUT2D eigenvalue weighted by atomic mass is 35.5. The zero-order valence-corrected chi connectivity index (χ0v) is 25.6. The summed E-state index contributed by atoms with van der Waals surface area (Å²) in [5.41, 5.74) is 0.876. The molecule has 0 spiro atoms. The zero-order chi connectivity index (χ0) is 30.1. The summed E-state index contributed by atoms with van der Waals surface area (Å²) in [7, 11) is -2.75. The van der Waals surface area contributed by atoms with Crippen LogP contribution in [0.1, 0.15) is 51.0 Å². The second kappa shape index (κ2) is 14.6. The Kier molecular flexibility index (Phi) is 10.9. The number of nitrogens with one attached hydrogen (secondary N) is 1. The van der Waals surface area contributed by atoms with Gasteiger partial charge in [0.25, 0.3) is 10.0 Å².